The molecule has 1 aliphatic carbocycles. The van der Waals surface area contributed by atoms with E-state index in [2.05, 4.69) is 5.32 Å². The number of dihydropyridines is 1. The molecule has 6 heteroatoms. The molecule has 0 spiro atoms. The minimum absolute atomic E-state index is 0.00831. The predicted octanol–water partition coefficient (Wildman–Crippen LogP) is 4.72. The molecule has 4 rings (SSSR count). The van der Waals surface area contributed by atoms with Gasteiger partial charge in [-0.15, -0.1) is 0 Å². The van der Waals surface area contributed by atoms with Gasteiger partial charge in [-0.05, 0) is 49.1 Å². The number of rotatable bonds is 6. The van der Waals surface area contributed by atoms with Crippen LogP contribution in [0.2, 0.25) is 0 Å². The van der Waals surface area contributed by atoms with Crippen molar-refractivity contribution >= 4 is 11.8 Å². The molecule has 0 bridgehead atoms. The molecule has 6 nitrogen and oxygen atoms in total. The molecule has 0 unspecified atom stereocenters. The van der Waals surface area contributed by atoms with Crippen molar-refractivity contribution in [3.63, 3.8) is 0 Å². The van der Waals surface area contributed by atoms with Crippen LogP contribution < -0.4 is 10.1 Å². The maximum absolute atomic E-state index is 13.6. The van der Waals surface area contributed by atoms with E-state index >= 15 is 0 Å². The van der Waals surface area contributed by atoms with Crippen LogP contribution in [-0.4, -0.2) is 30.6 Å². The average Bonchev–Trinajstić information content (AvgIpc) is 2.82. The normalized spacial score (nSPS) is 20.3. The molecule has 33 heavy (non-hydrogen) atoms. The fraction of sp³-hybridized carbons (Fsp3) is 0.333. The molecule has 172 valence electrons. The van der Waals surface area contributed by atoms with Gasteiger partial charge in [-0.25, -0.2) is 4.79 Å². The van der Waals surface area contributed by atoms with Crippen LogP contribution in [0.15, 0.2) is 71.1 Å². The number of phenols is 1. The third-order valence-corrected chi connectivity index (χ3v) is 6.29. The Morgan fingerprint density at radius 3 is 2.55 bits per heavy atom. The zero-order valence-corrected chi connectivity index (χ0v) is 19.2. The van der Waals surface area contributed by atoms with Crippen LogP contribution in [0.5, 0.6) is 11.5 Å². The van der Waals surface area contributed by atoms with E-state index in [4.69, 9.17) is 9.47 Å². The molecule has 0 aromatic heterocycles. The second-order valence-electron chi connectivity index (χ2n) is 8.49. The molecule has 1 heterocycles. The maximum atomic E-state index is 13.6. The lowest BCUT2D eigenvalue weighted by Gasteiger charge is -2.37. The first-order valence-corrected chi connectivity index (χ1v) is 11.3. The van der Waals surface area contributed by atoms with E-state index in [0.717, 1.165) is 22.6 Å². The molecule has 2 N–H and O–H groups in total. The second-order valence-corrected chi connectivity index (χ2v) is 8.49. The summed E-state index contributed by atoms with van der Waals surface area (Å²) in [5, 5.41) is 13.1. The van der Waals surface area contributed by atoms with E-state index in [0.29, 0.717) is 42.7 Å². The monoisotopic (exact) mass is 447 g/mol. The highest BCUT2D eigenvalue weighted by molar-refractivity contribution is 6.04. The largest absolute Gasteiger partial charge is 0.508 e. The Morgan fingerprint density at radius 2 is 1.85 bits per heavy atom. The zero-order valence-electron chi connectivity index (χ0n) is 19.2. The van der Waals surface area contributed by atoms with Gasteiger partial charge >= 0.3 is 5.97 Å². The molecule has 0 saturated heterocycles. The number of para-hydroxylation sites is 1. The SMILES string of the molecule is CCCOC(=O)C1=C(C)NC2=C(C(=O)C[C@H](c3ccccc3OC)C2)[C@@H]1c1ccc(O)cc1. The van der Waals surface area contributed by atoms with Crippen molar-refractivity contribution in [2.75, 3.05) is 13.7 Å². The van der Waals surface area contributed by atoms with Crippen LogP contribution in [0, 0.1) is 0 Å². The van der Waals surface area contributed by atoms with Gasteiger partial charge in [0.05, 0.1) is 19.3 Å². The molecule has 2 atom stereocenters. The molecule has 1 aliphatic heterocycles. The summed E-state index contributed by atoms with van der Waals surface area (Å²) in [6.45, 7) is 4.10. The molecule has 0 fully saturated rings. The minimum atomic E-state index is -0.544. The van der Waals surface area contributed by atoms with Crippen LogP contribution in [0.4, 0.5) is 0 Å². The van der Waals surface area contributed by atoms with Crippen molar-refractivity contribution in [1.29, 1.82) is 0 Å². The lowest BCUT2D eigenvalue weighted by atomic mass is 9.71. The third kappa shape index (κ3) is 4.38. The summed E-state index contributed by atoms with van der Waals surface area (Å²) in [6, 6.07) is 14.4. The Balaban J connectivity index is 1.78. The number of methoxy groups -OCH3 is 1. The summed E-state index contributed by atoms with van der Waals surface area (Å²) in [5.74, 6) is -0.110. The molecule has 0 radical (unpaired) electrons. The van der Waals surface area contributed by atoms with Gasteiger partial charge in [-0.2, -0.15) is 0 Å². The number of carbonyl (C=O) groups excluding carboxylic acids is 2. The molecule has 2 aliphatic rings. The fourth-order valence-corrected chi connectivity index (χ4v) is 4.81. The third-order valence-electron chi connectivity index (χ3n) is 6.29. The first-order valence-electron chi connectivity index (χ1n) is 11.3. The fourth-order valence-electron chi connectivity index (χ4n) is 4.81. The number of phenolic OH excluding ortho intramolecular Hbond substituents is 1. The summed E-state index contributed by atoms with van der Waals surface area (Å²) >= 11 is 0. The minimum Gasteiger partial charge on any atom is -0.508 e. The first kappa shape index (κ1) is 22.6. The van der Waals surface area contributed by atoms with Crippen molar-refractivity contribution in [1.82, 2.24) is 5.32 Å². The number of carbonyl (C=O) groups is 2. The highest BCUT2D eigenvalue weighted by Crippen LogP contribution is 2.47. The van der Waals surface area contributed by atoms with Crippen LogP contribution in [0.25, 0.3) is 0 Å². The van der Waals surface area contributed by atoms with Crippen LogP contribution >= 0.6 is 0 Å². The summed E-state index contributed by atoms with van der Waals surface area (Å²) < 4.78 is 11.0. The topological polar surface area (TPSA) is 84.9 Å². The van der Waals surface area contributed by atoms with Crippen molar-refractivity contribution in [2.45, 2.75) is 44.9 Å². The Morgan fingerprint density at radius 1 is 1.12 bits per heavy atom. The number of esters is 1. The highest BCUT2D eigenvalue weighted by atomic mass is 16.5. The van der Waals surface area contributed by atoms with E-state index in [1.54, 1.807) is 31.4 Å². The molecule has 0 saturated carbocycles. The van der Waals surface area contributed by atoms with Crippen molar-refractivity contribution in [3.8, 4) is 11.5 Å². The number of aromatic hydroxyl groups is 1. The van der Waals surface area contributed by atoms with Crippen LogP contribution in [-0.2, 0) is 14.3 Å². The number of hydrogen-bond acceptors (Lipinski definition) is 6. The molecule has 2 aromatic carbocycles. The van der Waals surface area contributed by atoms with E-state index < -0.39 is 11.9 Å². The summed E-state index contributed by atoms with van der Waals surface area (Å²) in [6.07, 6.45) is 1.67. The number of allylic oxidation sites excluding steroid dienone is 3. The number of nitrogens with one attached hydrogen (secondary N) is 1. The lowest BCUT2D eigenvalue weighted by Crippen LogP contribution is -2.36. The Bertz CT molecular complexity index is 1130. The molecule has 0 amide bonds. The molecule has 2 aromatic rings. The quantitative estimate of drug-likeness (QED) is 0.624. The van der Waals surface area contributed by atoms with Gasteiger partial charge in [0.15, 0.2) is 5.78 Å². The van der Waals surface area contributed by atoms with Crippen molar-refractivity contribution in [3.05, 3.63) is 82.2 Å². The smallest absolute Gasteiger partial charge is 0.336 e. The highest BCUT2D eigenvalue weighted by Gasteiger charge is 2.41. The van der Waals surface area contributed by atoms with Crippen LogP contribution in [0.3, 0.4) is 0 Å². The average molecular weight is 448 g/mol. The van der Waals surface area contributed by atoms with E-state index in [1.165, 1.54) is 0 Å². The van der Waals surface area contributed by atoms with E-state index in [-0.39, 0.29) is 17.5 Å². The van der Waals surface area contributed by atoms with Crippen LogP contribution in [0.1, 0.15) is 56.1 Å². The Labute approximate surface area is 193 Å². The summed E-state index contributed by atoms with van der Waals surface area (Å²) in [5.41, 5.74) is 4.32. The van der Waals surface area contributed by atoms with Gasteiger partial charge in [-0.3, -0.25) is 4.79 Å². The summed E-state index contributed by atoms with van der Waals surface area (Å²) in [4.78, 5) is 26.6. The number of ether oxygens (including phenoxy) is 2. The van der Waals surface area contributed by atoms with Gasteiger partial charge in [0.2, 0.25) is 0 Å². The van der Waals surface area contributed by atoms with Gasteiger partial charge in [0, 0.05) is 35.2 Å². The number of hydrogen-bond donors (Lipinski definition) is 2. The zero-order chi connectivity index (χ0) is 23.5. The Hall–Kier alpha value is -3.54. The number of Topliss-reactive ketones (excluding diaryl/α,β-unsaturated/α-hetero) is 1. The Kier molecular flexibility index (Phi) is 6.54. The molecular formula is C27H29NO5. The first-order chi connectivity index (χ1) is 15.9. The standard InChI is InChI=1S/C27H29NO5/c1-4-13-33-27(31)24-16(2)28-21-14-18(20-7-5-6-8-23(20)32-3)15-22(30)26(21)25(24)17-9-11-19(29)12-10-17/h5-12,18,25,28-29H,4,13-15H2,1-3H3/t18-,25-/m1/s1. The van der Waals surface area contributed by atoms with Gasteiger partial charge in [-0.1, -0.05) is 37.3 Å². The lowest BCUT2D eigenvalue weighted by molar-refractivity contribution is -0.139. The maximum Gasteiger partial charge on any atom is 0.336 e. The van der Waals surface area contributed by atoms with Gasteiger partial charge in [0.1, 0.15) is 11.5 Å². The molecular weight excluding hydrogens is 418 g/mol. The van der Waals surface area contributed by atoms with Crippen molar-refractivity contribution in [2.24, 2.45) is 0 Å². The summed E-state index contributed by atoms with van der Waals surface area (Å²) in [7, 11) is 1.63. The van der Waals surface area contributed by atoms with Crippen molar-refractivity contribution < 1.29 is 24.2 Å². The number of ketones is 1. The predicted molar refractivity (Wildman–Crippen MR) is 125 cm³/mol. The van der Waals surface area contributed by atoms with E-state index in [1.807, 2.05) is 38.1 Å². The second kappa shape index (κ2) is 9.53. The number of benzene rings is 2. The van der Waals surface area contributed by atoms with Gasteiger partial charge < -0.3 is 19.9 Å². The van der Waals surface area contributed by atoms with E-state index in [9.17, 15) is 14.7 Å². The van der Waals surface area contributed by atoms with Gasteiger partial charge in [0.25, 0.3) is 0 Å².